The van der Waals surface area contributed by atoms with Crippen molar-refractivity contribution in [2.45, 2.75) is 58.5 Å². The Bertz CT molecular complexity index is 843. The average Bonchev–Trinajstić information content (AvgIpc) is 3.18. The zero-order chi connectivity index (χ0) is 20.1. The van der Waals surface area contributed by atoms with Gasteiger partial charge in [-0.05, 0) is 43.9 Å². The molecule has 0 atom stereocenters. The summed E-state index contributed by atoms with van der Waals surface area (Å²) in [7, 11) is 1.34. The molecule has 1 heterocycles. The number of esters is 1. The fourth-order valence-electron chi connectivity index (χ4n) is 3.56. The van der Waals surface area contributed by atoms with E-state index >= 15 is 0 Å². The predicted octanol–water partition coefficient (Wildman–Crippen LogP) is 4.91. The van der Waals surface area contributed by atoms with Crippen molar-refractivity contribution < 1.29 is 14.3 Å². The Morgan fingerprint density at radius 3 is 2.71 bits per heavy atom. The van der Waals surface area contributed by atoms with Gasteiger partial charge in [-0.3, -0.25) is 0 Å². The highest BCUT2D eigenvalue weighted by Gasteiger charge is 2.27. The molecule has 0 aliphatic heterocycles. The maximum Gasteiger partial charge on any atom is 0.357 e. The van der Waals surface area contributed by atoms with Gasteiger partial charge >= 0.3 is 12.0 Å². The molecule has 0 saturated heterocycles. The van der Waals surface area contributed by atoms with Crippen molar-refractivity contribution in [2.24, 2.45) is 0 Å². The first kappa shape index (κ1) is 20.3. The summed E-state index contributed by atoms with van der Waals surface area (Å²) in [5, 5.41) is 5.50. The van der Waals surface area contributed by atoms with Crippen molar-refractivity contribution in [3.8, 4) is 0 Å². The Labute approximate surface area is 169 Å². The zero-order valence-electron chi connectivity index (χ0n) is 16.7. The molecule has 0 radical (unpaired) electrons. The van der Waals surface area contributed by atoms with Gasteiger partial charge in [0.1, 0.15) is 5.01 Å². The summed E-state index contributed by atoms with van der Waals surface area (Å²) in [5.74, 6) is -0.452. The Morgan fingerprint density at radius 1 is 1.25 bits per heavy atom. The number of aromatic nitrogens is 1. The van der Waals surface area contributed by atoms with Gasteiger partial charge in [0, 0.05) is 17.1 Å². The highest BCUT2D eigenvalue weighted by molar-refractivity contribution is 7.09. The smallest absolute Gasteiger partial charge is 0.357 e. The van der Waals surface area contributed by atoms with E-state index in [0.717, 1.165) is 47.5 Å². The summed E-state index contributed by atoms with van der Waals surface area (Å²) >= 11 is 1.38. The van der Waals surface area contributed by atoms with Gasteiger partial charge in [0.15, 0.2) is 5.69 Å². The van der Waals surface area contributed by atoms with Crippen LogP contribution in [0.4, 0.5) is 10.5 Å². The van der Waals surface area contributed by atoms with Crippen LogP contribution in [-0.4, -0.2) is 35.0 Å². The summed E-state index contributed by atoms with van der Waals surface area (Å²) in [4.78, 5) is 31.1. The molecule has 6 nitrogen and oxygen atoms in total. The largest absolute Gasteiger partial charge is 0.464 e. The number of hydrogen-bond donors (Lipinski definition) is 1. The van der Waals surface area contributed by atoms with Crippen LogP contribution in [0.5, 0.6) is 0 Å². The number of anilines is 1. The molecule has 1 saturated carbocycles. The van der Waals surface area contributed by atoms with Gasteiger partial charge in [-0.25, -0.2) is 14.6 Å². The second kappa shape index (κ2) is 9.19. The molecule has 1 fully saturated rings. The summed E-state index contributed by atoms with van der Waals surface area (Å²) in [6.45, 7) is 4.44. The third kappa shape index (κ3) is 4.70. The molecule has 1 aromatic carbocycles. The fourth-order valence-corrected chi connectivity index (χ4v) is 4.32. The monoisotopic (exact) mass is 401 g/mol. The standard InChI is InChI=1S/C21H27N3O3S/c1-14-8-7-11-17(15(14)2)23-21(26)24(16-9-5-4-6-10-16)12-19-22-18(13-28-19)20(25)27-3/h7-8,11,13,16H,4-6,9-10,12H2,1-3H3,(H,23,26). The lowest BCUT2D eigenvalue weighted by Gasteiger charge is -2.34. The molecule has 0 bridgehead atoms. The molecule has 150 valence electrons. The lowest BCUT2D eigenvalue weighted by molar-refractivity contribution is 0.0594. The topological polar surface area (TPSA) is 71.5 Å². The van der Waals surface area contributed by atoms with Crippen molar-refractivity contribution in [1.29, 1.82) is 0 Å². The molecule has 2 amide bonds. The van der Waals surface area contributed by atoms with Crippen molar-refractivity contribution in [3.05, 3.63) is 45.4 Å². The van der Waals surface area contributed by atoms with E-state index in [4.69, 9.17) is 4.74 Å². The maximum absolute atomic E-state index is 13.2. The first-order valence-corrected chi connectivity index (χ1v) is 10.5. The molecule has 0 spiro atoms. The van der Waals surface area contributed by atoms with E-state index < -0.39 is 5.97 Å². The van der Waals surface area contributed by atoms with E-state index in [1.165, 1.54) is 24.9 Å². The zero-order valence-corrected chi connectivity index (χ0v) is 17.5. The summed E-state index contributed by atoms with van der Waals surface area (Å²) in [6, 6.07) is 5.98. The van der Waals surface area contributed by atoms with Crippen molar-refractivity contribution >= 4 is 29.0 Å². The summed E-state index contributed by atoms with van der Waals surface area (Å²) in [6.07, 6.45) is 5.46. The molecule has 1 aliphatic rings. The quantitative estimate of drug-likeness (QED) is 0.722. The first-order chi connectivity index (χ1) is 13.5. The van der Waals surface area contributed by atoms with Crippen LogP contribution in [0.3, 0.4) is 0 Å². The molecular weight excluding hydrogens is 374 g/mol. The highest BCUT2D eigenvalue weighted by Crippen LogP contribution is 2.27. The number of carbonyl (C=O) groups is 2. The van der Waals surface area contributed by atoms with Crippen LogP contribution in [0, 0.1) is 13.8 Å². The van der Waals surface area contributed by atoms with E-state index in [0.29, 0.717) is 12.2 Å². The van der Waals surface area contributed by atoms with Crippen molar-refractivity contribution in [2.75, 3.05) is 12.4 Å². The van der Waals surface area contributed by atoms with Crippen LogP contribution in [0.25, 0.3) is 0 Å². The summed E-state index contributed by atoms with van der Waals surface area (Å²) < 4.78 is 4.73. The highest BCUT2D eigenvalue weighted by atomic mass is 32.1. The van der Waals surface area contributed by atoms with Gasteiger partial charge in [0.25, 0.3) is 0 Å². The predicted molar refractivity (Wildman–Crippen MR) is 111 cm³/mol. The number of thiazole rings is 1. The van der Waals surface area contributed by atoms with Gasteiger partial charge in [-0.1, -0.05) is 31.4 Å². The van der Waals surface area contributed by atoms with Crippen molar-refractivity contribution in [3.63, 3.8) is 0 Å². The number of rotatable bonds is 5. The number of ether oxygens (including phenoxy) is 1. The lowest BCUT2D eigenvalue weighted by Crippen LogP contribution is -2.43. The van der Waals surface area contributed by atoms with Gasteiger partial charge in [-0.2, -0.15) is 0 Å². The lowest BCUT2D eigenvalue weighted by atomic mass is 9.94. The van der Waals surface area contributed by atoms with Crippen LogP contribution in [0.15, 0.2) is 23.6 Å². The first-order valence-electron chi connectivity index (χ1n) is 9.66. The second-order valence-electron chi connectivity index (χ2n) is 7.22. The van der Waals surface area contributed by atoms with Crippen LogP contribution in [0.2, 0.25) is 0 Å². The van der Waals surface area contributed by atoms with Crippen LogP contribution in [-0.2, 0) is 11.3 Å². The summed E-state index contributed by atoms with van der Waals surface area (Å²) in [5.41, 5.74) is 3.34. The number of benzene rings is 1. The minimum absolute atomic E-state index is 0.115. The number of aryl methyl sites for hydroxylation is 1. The number of carbonyl (C=O) groups excluding carboxylic acids is 2. The van der Waals surface area contributed by atoms with Crippen LogP contribution in [0.1, 0.15) is 58.7 Å². The molecule has 0 unspecified atom stereocenters. The number of methoxy groups -OCH3 is 1. The number of nitrogens with zero attached hydrogens (tertiary/aromatic N) is 2. The minimum atomic E-state index is -0.452. The van der Waals surface area contributed by atoms with Gasteiger partial charge in [-0.15, -0.1) is 11.3 Å². The SMILES string of the molecule is COC(=O)c1csc(CN(C(=O)Nc2cccc(C)c2C)C2CCCCC2)n1. The van der Waals surface area contributed by atoms with E-state index in [1.54, 1.807) is 5.38 Å². The number of hydrogen-bond acceptors (Lipinski definition) is 5. The molecule has 3 rings (SSSR count). The van der Waals surface area contributed by atoms with E-state index in [1.807, 2.05) is 36.9 Å². The second-order valence-corrected chi connectivity index (χ2v) is 8.16. The molecule has 2 aromatic rings. The Kier molecular flexibility index (Phi) is 6.67. The molecule has 1 N–H and O–H groups in total. The molecule has 28 heavy (non-hydrogen) atoms. The Balaban J connectivity index is 1.80. The normalized spacial score (nSPS) is 14.5. The Morgan fingerprint density at radius 2 is 2.00 bits per heavy atom. The molecule has 1 aromatic heterocycles. The van der Waals surface area contributed by atoms with E-state index in [-0.39, 0.29) is 12.1 Å². The van der Waals surface area contributed by atoms with Crippen LogP contribution >= 0.6 is 11.3 Å². The van der Waals surface area contributed by atoms with Gasteiger partial charge < -0.3 is 15.0 Å². The van der Waals surface area contributed by atoms with Gasteiger partial charge in [0.05, 0.1) is 13.7 Å². The van der Waals surface area contributed by atoms with E-state index in [2.05, 4.69) is 10.3 Å². The molecular formula is C21H27N3O3S. The average molecular weight is 402 g/mol. The number of amides is 2. The third-order valence-corrected chi connectivity index (χ3v) is 6.21. The Hall–Kier alpha value is -2.41. The van der Waals surface area contributed by atoms with Crippen LogP contribution < -0.4 is 5.32 Å². The number of nitrogens with one attached hydrogen (secondary N) is 1. The van der Waals surface area contributed by atoms with Crippen molar-refractivity contribution in [1.82, 2.24) is 9.88 Å². The minimum Gasteiger partial charge on any atom is -0.464 e. The molecule has 1 aliphatic carbocycles. The maximum atomic E-state index is 13.2. The molecule has 7 heteroatoms. The van der Waals surface area contributed by atoms with E-state index in [9.17, 15) is 9.59 Å². The fraction of sp³-hybridized carbons (Fsp3) is 0.476. The third-order valence-electron chi connectivity index (χ3n) is 5.37. The number of urea groups is 1. The van der Waals surface area contributed by atoms with Gasteiger partial charge in [0.2, 0.25) is 0 Å².